The predicted molar refractivity (Wildman–Crippen MR) is 77.7 cm³/mol. The van der Waals surface area contributed by atoms with Crippen LogP contribution in [0.5, 0.6) is 5.75 Å². The molecule has 0 unspecified atom stereocenters. The van der Waals surface area contributed by atoms with Crippen molar-refractivity contribution in [3.8, 4) is 5.75 Å². The number of aliphatic imine (C=N–C) groups is 1. The maximum atomic E-state index is 13.8. The minimum atomic E-state index is -3.01. The van der Waals surface area contributed by atoms with Crippen LogP contribution in [0, 0.1) is 5.82 Å². The van der Waals surface area contributed by atoms with Crippen LogP contribution in [-0.2, 0) is 11.3 Å². The Bertz CT molecular complexity index is 484. The summed E-state index contributed by atoms with van der Waals surface area (Å²) in [6.07, 6.45) is 0.774. The summed E-state index contributed by atoms with van der Waals surface area (Å²) in [5, 5.41) is 5.85. The molecule has 0 atom stereocenters. The smallest absolute Gasteiger partial charge is 0.387 e. The van der Waals surface area contributed by atoms with E-state index >= 15 is 0 Å². The number of hydrogen-bond donors (Lipinski definition) is 2. The van der Waals surface area contributed by atoms with Gasteiger partial charge in [0.25, 0.3) is 0 Å². The van der Waals surface area contributed by atoms with Gasteiger partial charge < -0.3 is 20.1 Å². The Morgan fingerprint density at radius 2 is 2.09 bits per heavy atom. The van der Waals surface area contributed by atoms with Gasteiger partial charge in [-0.15, -0.1) is 0 Å². The van der Waals surface area contributed by atoms with E-state index in [1.165, 1.54) is 18.2 Å². The van der Waals surface area contributed by atoms with Gasteiger partial charge in [0.15, 0.2) is 5.96 Å². The topological polar surface area (TPSA) is 54.9 Å². The Morgan fingerprint density at radius 3 is 2.73 bits per heavy atom. The molecule has 0 aliphatic rings. The molecule has 1 aromatic carbocycles. The number of benzene rings is 1. The van der Waals surface area contributed by atoms with Gasteiger partial charge in [-0.3, -0.25) is 4.99 Å². The van der Waals surface area contributed by atoms with E-state index in [1.807, 2.05) is 0 Å². The maximum Gasteiger partial charge on any atom is 0.387 e. The third-order valence-electron chi connectivity index (χ3n) is 2.77. The number of ether oxygens (including phenoxy) is 2. The first-order chi connectivity index (χ1) is 10.6. The van der Waals surface area contributed by atoms with Crippen molar-refractivity contribution >= 4 is 5.96 Å². The van der Waals surface area contributed by atoms with Gasteiger partial charge in [0.1, 0.15) is 11.6 Å². The van der Waals surface area contributed by atoms with Gasteiger partial charge in [-0.25, -0.2) is 4.39 Å². The zero-order chi connectivity index (χ0) is 16.4. The molecule has 0 fully saturated rings. The van der Waals surface area contributed by atoms with Gasteiger partial charge >= 0.3 is 6.61 Å². The summed E-state index contributed by atoms with van der Waals surface area (Å²) in [5.41, 5.74) is 0.0163. The fourth-order valence-corrected chi connectivity index (χ4v) is 1.73. The molecule has 2 N–H and O–H groups in total. The molecule has 0 spiro atoms. The molecule has 0 aliphatic carbocycles. The minimum absolute atomic E-state index is 0.0163. The lowest BCUT2D eigenvalue weighted by Gasteiger charge is -2.15. The molecule has 0 saturated carbocycles. The Kier molecular flexibility index (Phi) is 8.13. The lowest BCUT2D eigenvalue weighted by atomic mass is 10.2. The molecule has 1 aromatic rings. The minimum Gasteiger partial charge on any atom is -0.434 e. The summed E-state index contributed by atoms with van der Waals surface area (Å²) in [6, 6.07) is 3.79. The number of halogens is 3. The van der Waals surface area contributed by atoms with Gasteiger partial charge in [0.05, 0.1) is 0 Å². The maximum absolute atomic E-state index is 13.8. The number of guanidine groups is 1. The van der Waals surface area contributed by atoms with Crippen LogP contribution in [-0.4, -0.2) is 39.9 Å². The number of rotatable bonds is 8. The number of hydrogen-bond acceptors (Lipinski definition) is 3. The molecule has 0 radical (unpaired) electrons. The largest absolute Gasteiger partial charge is 0.434 e. The third-order valence-corrected chi connectivity index (χ3v) is 2.77. The highest BCUT2D eigenvalue weighted by Gasteiger charge is 2.14. The molecule has 8 heteroatoms. The Hall–Kier alpha value is -1.96. The van der Waals surface area contributed by atoms with Crippen LogP contribution in [0.4, 0.5) is 13.2 Å². The normalized spacial score (nSPS) is 11.6. The molecule has 0 bridgehead atoms. The SMILES string of the molecule is CN=C(NCCCOC)NCc1c(F)cccc1OC(F)F. The molecule has 0 heterocycles. The first kappa shape index (κ1) is 18.1. The monoisotopic (exact) mass is 319 g/mol. The standard InChI is InChI=1S/C14H20F3N3O2/c1-18-14(19-7-4-8-21-2)20-9-10-11(15)5-3-6-12(10)22-13(16)17/h3,5-6,13H,4,7-9H2,1-2H3,(H2,18,19,20). The molecule has 0 aliphatic heterocycles. The molecule has 5 nitrogen and oxygen atoms in total. The molecular weight excluding hydrogens is 299 g/mol. The van der Waals surface area contributed by atoms with Crippen LogP contribution in [0.15, 0.2) is 23.2 Å². The Labute approximate surface area is 127 Å². The van der Waals surface area contributed by atoms with E-state index in [2.05, 4.69) is 20.4 Å². The van der Waals surface area contributed by atoms with Crippen molar-refractivity contribution in [2.45, 2.75) is 19.6 Å². The average Bonchev–Trinajstić information content (AvgIpc) is 2.48. The highest BCUT2D eigenvalue weighted by Crippen LogP contribution is 2.23. The van der Waals surface area contributed by atoms with Crippen molar-refractivity contribution in [1.29, 1.82) is 0 Å². The van der Waals surface area contributed by atoms with Crippen molar-refractivity contribution in [2.24, 2.45) is 4.99 Å². The Morgan fingerprint density at radius 1 is 1.32 bits per heavy atom. The number of alkyl halides is 2. The molecule has 124 valence electrons. The lowest BCUT2D eigenvalue weighted by molar-refractivity contribution is -0.0506. The quantitative estimate of drug-likeness (QED) is 0.438. The van der Waals surface area contributed by atoms with Gasteiger partial charge in [0.2, 0.25) is 0 Å². The summed E-state index contributed by atoms with van der Waals surface area (Å²) >= 11 is 0. The molecular formula is C14H20F3N3O2. The molecule has 0 saturated heterocycles. The zero-order valence-electron chi connectivity index (χ0n) is 12.5. The number of nitrogens with one attached hydrogen (secondary N) is 2. The van der Waals surface area contributed by atoms with Gasteiger partial charge in [0, 0.05) is 39.4 Å². The van der Waals surface area contributed by atoms with Gasteiger partial charge in [-0.2, -0.15) is 8.78 Å². The van der Waals surface area contributed by atoms with Crippen molar-refractivity contribution in [1.82, 2.24) is 10.6 Å². The van der Waals surface area contributed by atoms with E-state index in [-0.39, 0.29) is 17.9 Å². The van der Waals surface area contributed by atoms with Crippen molar-refractivity contribution < 1.29 is 22.6 Å². The summed E-state index contributed by atoms with van der Waals surface area (Å²) in [5.74, 6) is -0.389. The second-order valence-electron chi connectivity index (χ2n) is 4.29. The molecule has 1 rings (SSSR count). The van der Waals surface area contributed by atoms with E-state index in [0.717, 1.165) is 6.42 Å². The second-order valence-corrected chi connectivity index (χ2v) is 4.29. The second kappa shape index (κ2) is 9.88. The predicted octanol–water partition coefficient (Wildman–Crippen LogP) is 2.13. The fourth-order valence-electron chi connectivity index (χ4n) is 1.73. The van der Waals surface area contributed by atoms with Crippen molar-refractivity contribution in [2.75, 3.05) is 27.3 Å². The first-order valence-electron chi connectivity index (χ1n) is 6.74. The van der Waals surface area contributed by atoms with E-state index in [4.69, 9.17) is 4.74 Å². The number of methoxy groups -OCH3 is 1. The van der Waals surface area contributed by atoms with E-state index < -0.39 is 12.4 Å². The molecule has 22 heavy (non-hydrogen) atoms. The van der Waals surface area contributed by atoms with Crippen molar-refractivity contribution in [3.63, 3.8) is 0 Å². The number of nitrogens with zero attached hydrogens (tertiary/aromatic N) is 1. The first-order valence-corrected chi connectivity index (χ1v) is 6.74. The molecule has 0 amide bonds. The van der Waals surface area contributed by atoms with E-state index in [0.29, 0.717) is 19.1 Å². The van der Waals surface area contributed by atoms with Crippen LogP contribution in [0.1, 0.15) is 12.0 Å². The fraction of sp³-hybridized carbons (Fsp3) is 0.500. The summed E-state index contributed by atoms with van der Waals surface area (Å²) in [6.45, 7) is -1.82. The van der Waals surface area contributed by atoms with E-state index in [1.54, 1.807) is 14.2 Å². The Balaban J connectivity index is 2.62. The average molecular weight is 319 g/mol. The van der Waals surface area contributed by atoms with Crippen molar-refractivity contribution in [3.05, 3.63) is 29.6 Å². The summed E-state index contributed by atoms with van der Waals surface area (Å²) in [4.78, 5) is 3.96. The third kappa shape index (κ3) is 6.21. The van der Waals surface area contributed by atoms with Crippen LogP contribution in [0.25, 0.3) is 0 Å². The van der Waals surface area contributed by atoms with Crippen LogP contribution in [0.3, 0.4) is 0 Å². The summed E-state index contributed by atoms with van der Waals surface area (Å²) < 4.78 is 47.6. The van der Waals surface area contributed by atoms with Crippen LogP contribution in [0.2, 0.25) is 0 Å². The lowest BCUT2D eigenvalue weighted by Crippen LogP contribution is -2.37. The van der Waals surface area contributed by atoms with Crippen LogP contribution >= 0.6 is 0 Å². The highest BCUT2D eigenvalue weighted by molar-refractivity contribution is 5.79. The highest BCUT2D eigenvalue weighted by atomic mass is 19.3. The molecule has 0 aromatic heterocycles. The summed E-state index contributed by atoms with van der Waals surface area (Å²) in [7, 11) is 3.17. The van der Waals surface area contributed by atoms with Crippen LogP contribution < -0.4 is 15.4 Å². The van der Waals surface area contributed by atoms with E-state index in [9.17, 15) is 13.2 Å². The van der Waals surface area contributed by atoms with Gasteiger partial charge in [-0.1, -0.05) is 6.07 Å². The zero-order valence-corrected chi connectivity index (χ0v) is 12.5. The van der Waals surface area contributed by atoms with Gasteiger partial charge in [-0.05, 0) is 18.6 Å².